The Balaban J connectivity index is 1.69. The summed E-state index contributed by atoms with van der Waals surface area (Å²) in [6.07, 6.45) is 7.24. The molecule has 32 heavy (non-hydrogen) atoms. The van der Waals surface area contributed by atoms with Crippen LogP contribution in [-0.4, -0.2) is 59.5 Å². The lowest BCUT2D eigenvalue weighted by Crippen LogP contribution is -2.18. The number of fused-ring (bicyclic) bond motifs is 1. The van der Waals surface area contributed by atoms with Crippen molar-refractivity contribution in [2.75, 3.05) is 34.9 Å². The number of nitrogens with one attached hydrogen (secondary N) is 1. The molecule has 1 N–H and O–H groups in total. The Kier molecular flexibility index (Phi) is 6.09. The molecule has 0 atom stereocenters. The van der Waals surface area contributed by atoms with Crippen molar-refractivity contribution in [3.8, 4) is 22.6 Å². The Morgan fingerprint density at radius 2 is 1.75 bits per heavy atom. The van der Waals surface area contributed by atoms with Crippen molar-refractivity contribution >= 4 is 11.0 Å². The van der Waals surface area contributed by atoms with Gasteiger partial charge in [0.15, 0.2) is 23.1 Å². The van der Waals surface area contributed by atoms with E-state index in [1.54, 1.807) is 18.6 Å². The van der Waals surface area contributed by atoms with Crippen LogP contribution in [0.15, 0.2) is 36.9 Å². The second kappa shape index (κ2) is 8.96. The van der Waals surface area contributed by atoms with Crippen molar-refractivity contribution in [3.63, 3.8) is 0 Å². The van der Waals surface area contributed by atoms with E-state index in [-0.39, 0.29) is 23.5 Å². The number of pyridine rings is 1. The molecule has 9 heteroatoms. The predicted octanol–water partition coefficient (Wildman–Crippen LogP) is 3.87. The third kappa shape index (κ3) is 4.16. The van der Waals surface area contributed by atoms with Crippen LogP contribution in [0.4, 0.5) is 8.78 Å². The monoisotopic (exact) mass is 441 g/mol. The highest BCUT2D eigenvalue weighted by molar-refractivity contribution is 5.84. The van der Waals surface area contributed by atoms with Gasteiger partial charge >= 0.3 is 0 Å². The number of aromatic amines is 1. The molecule has 3 aromatic heterocycles. The number of aromatic nitrogens is 4. The molecule has 0 amide bonds. The van der Waals surface area contributed by atoms with Crippen molar-refractivity contribution in [3.05, 3.63) is 59.7 Å². The minimum atomic E-state index is -0.744. The molecule has 0 aliphatic rings. The van der Waals surface area contributed by atoms with E-state index >= 15 is 0 Å². The number of H-pyrrole nitrogens is 1. The molecular weight excluding hydrogens is 416 g/mol. The molecule has 0 spiro atoms. The van der Waals surface area contributed by atoms with Crippen LogP contribution < -0.4 is 9.47 Å². The topological polar surface area (TPSA) is 68.2 Å². The number of benzene rings is 1. The van der Waals surface area contributed by atoms with Gasteiger partial charge in [-0.2, -0.15) is 5.10 Å². The minimum absolute atomic E-state index is 0.0124. The molecule has 0 saturated carbocycles. The fourth-order valence-electron chi connectivity index (χ4n) is 3.58. The molecule has 0 aliphatic carbocycles. The lowest BCUT2D eigenvalue weighted by Gasteiger charge is -2.12. The van der Waals surface area contributed by atoms with Crippen LogP contribution in [0.5, 0.6) is 11.5 Å². The van der Waals surface area contributed by atoms with Gasteiger partial charge in [-0.3, -0.25) is 4.68 Å². The number of nitrogens with zero attached hydrogens (tertiary/aromatic N) is 4. The number of ether oxygens (including phenoxy) is 2. The molecule has 7 nitrogen and oxygen atoms in total. The summed E-state index contributed by atoms with van der Waals surface area (Å²) < 4.78 is 41.7. The van der Waals surface area contributed by atoms with Crippen molar-refractivity contribution in [1.82, 2.24) is 24.6 Å². The molecule has 0 unspecified atom stereocenters. The maximum absolute atomic E-state index is 14.9. The van der Waals surface area contributed by atoms with Crippen molar-refractivity contribution in [2.24, 2.45) is 0 Å². The lowest BCUT2D eigenvalue weighted by atomic mass is 10.0. The van der Waals surface area contributed by atoms with Gasteiger partial charge in [0, 0.05) is 59.7 Å². The number of halogens is 2. The van der Waals surface area contributed by atoms with E-state index < -0.39 is 11.6 Å². The van der Waals surface area contributed by atoms with E-state index in [9.17, 15) is 8.78 Å². The van der Waals surface area contributed by atoms with Gasteiger partial charge in [0.05, 0.1) is 27.0 Å². The first-order valence-electron chi connectivity index (χ1n) is 10.1. The maximum atomic E-state index is 14.9. The fraction of sp³-hybridized carbons (Fsp3) is 0.304. The number of rotatable bonds is 8. The first-order chi connectivity index (χ1) is 15.4. The van der Waals surface area contributed by atoms with Gasteiger partial charge in [0.25, 0.3) is 0 Å². The van der Waals surface area contributed by atoms with Crippen molar-refractivity contribution in [2.45, 2.75) is 13.0 Å². The zero-order chi connectivity index (χ0) is 22.8. The Labute approximate surface area is 184 Å². The molecule has 1 aromatic carbocycles. The van der Waals surface area contributed by atoms with Gasteiger partial charge in [-0.1, -0.05) is 0 Å². The second-order valence-electron chi connectivity index (χ2n) is 7.79. The largest absolute Gasteiger partial charge is 0.494 e. The molecule has 168 valence electrons. The Morgan fingerprint density at radius 1 is 1.03 bits per heavy atom. The van der Waals surface area contributed by atoms with Gasteiger partial charge < -0.3 is 19.4 Å². The molecule has 3 heterocycles. The van der Waals surface area contributed by atoms with Gasteiger partial charge in [0.2, 0.25) is 0 Å². The molecule has 0 bridgehead atoms. The van der Waals surface area contributed by atoms with Gasteiger partial charge in [-0.05, 0) is 25.7 Å². The van der Waals surface area contributed by atoms with E-state index in [2.05, 4.69) is 20.0 Å². The van der Waals surface area contributed by atoms with E-state index in [0.717, 1.165) is 29.6 Å². The molecule has 0 saturated heterocycles. The van der Waals surface area contributed by atoms with Crippen LogP contribution >= 0.6 is 0 Å². The highest BCUT2D eigenvalue weighted by atomic mass is 19.1. The lowest BCUT2D eigenvalue weighted by molar-refractivity contribution is 0.354. The average molecular weight is 441 g/mol. The Morgan fingerprint density at radius 3 is 2.41 bits per heavy atom. The first-order valence-corrected chi connectivity index (χ1v) is 10.1. The van der Waals surface area contributed by atoms with Crippen LogP contribution in [0.1, 0.15) is 11.1 Å². The smallest absolute Gasteiger partial charge is 0.171 e. The standard InChI is InChI=1S/C23H25F2N5O2/c1-29(2)5-6-30-13-16(12-28-30)14-7-17-15(11-27-23(17)26-10-14)8-18-21(24)19(31-3)9-20(32-4)22(18)25/h7,9-13H,5-6,8H2,1-4H3,(H,26,27). The normalized spacial score (nSPS) is 11.5. The second-order valence-corrected chi connectivity index (χ2v) is 7.79. The highest BCUT2D eigenvalue weighted by Gasteiger charge is 2.21. The van der Waals surface area contributed by atoms with Gasteiger partial charge in [-0.25, -0.2) is 13.8 Å². The Bertz CT molecular complexity index is 1220. The SMILES string of the molecule is COc1cc(OC)c(F)c(Cc2c[nH]c3ncc(-c4cnn(CCN(C)C)c4)cc23)c1F. The minimum Gasteiger partial charge on any atom is -0.494 e. The number of hydrogen-bond acceptors (Lipinski definition) is 5. The summed E-state index contributed by atoms with van der Waals surface area (Å²) in [6.45, 7) is 1.65. The summed E-state index contributed by atoms with van der Waals surface area (Å²) in [5.41, 5.74) is 3.02. The van der Waals surface area contributed by atoms with Crippen molar-refractivity contribution < 1.29 is 18.3 Å². The third-order valence-electron chi connectivity index (χ3n) is 5.39. The molecule has 0 radical (unpaired) electrons. The molecular formula is C23H25F2N5O2. The third-order valence-corrected chi connectivity index (χ3v) is 5.39. The van der Waals surface area contributed by atoms with Crippen LogP contribution in [0, 0.1) is 11.6 Å². The van der Waals surface area contributed by atoms with Crippen LogP contribution in [0.25, 0.3) is 22.2 Å². The first kappa shape index (κ1) is 21.8. The molecule has 4 rings (SSSR count). The summed E-state index contributed by atoms with van der Waals surface area (Å²) >= 11 is 0. The molecule has 0 fully saturated rings. The van der Waals surface area contributed by atoms with E-state index in [1.807, 2.05) is 31.0 Å². The van der Waals surface area contributed by atoms with Crippen molar-refractivity contribution in [1.29, 1.82) is 0 Å². The Hall–Kier alpha value is -3.46. The van der Waals surface area contributed by atoms with Crippen LogP contribution in [0.2, 0.25) is 0 Å². The number of hydrogen-bond donors (Lipinski definition) is 1. The summed E-state index contributed by atoms with van der Waals surface area (Å²) in [6, 6.07) is 3.16. The summed E-state index contributed by atoms with van der Waals surface area (Å²) in [4.78, 5) is 9.64. The molecule has 4 aromatic rings. The summed E-state index contributed by atoms with van der Waals surface area (Å²) in [7, 11) is 6.69. The summed E-state index contributed by atoms with van der Waals surface area (Å²) in [5, 5.41) is 5.19. The number of likely N-dealkylation sites (N-methyl/N-ethyl adjacent to an activating group) is 1. The predicted molar refractivity (Wildman–Crippen MR) is 118 cm³/mol. The highest BCUT2D eigenvalue weighted by Crippen LogP contribution is 2.34. The van der Waals surface area contributed by atoms with E-state index in [1.165, 1.54) is 20.3 Å². The van der Waals surface area contributed by atoms with Crippen LogP contribution in [0.3, 0.4) is 0 Å². The van der Waals surface area contributed by atoms with E-state index in [0.29, 0.717) is 11.2 Å². The zero-order valence-electron chi connectivity index (χ0n) is 18.4. The number of methoxy groups -OCH3 is 2. The fourth-order valence-corrected chi connectivity index (χ4v) is 3.58. The van der Waals surface area contributed by atoms with Gasteiger partial charge in [-0.15, -0.1) is 0 Å². The summed E-state index contributed by atoms with van der Waals surface area (Å²) in [5.74, 6) is -1.62. The van der Waals surface area contributed by atoms with E-state index in [4.69, 9.17) is 9.47 Å². The maximum Gasteiger partial charge on any atom is 0.171 e. The zero-order valence-corrected chi connectivity index (χ0v) is 18.4. The average Bonchev–Trinajstić information content (AvgIpc) is 3.42. The quantitative estimate of drug-likeness (QED) is 0.450. The van der Waals surface area contributed by atoms with Crippen LogP contribution in [-0.2, 0) is 13.0 Å². The molecule has 0 aliphatic heterocycles. The van der Waals surface area contributed by atoms with Gasteiger partial charge in [0.1, 0.15) is 5.65 Å².